The van der Waals surface area contributed by atoms with Crippen molar-refractivity contribution in [3.63, 3.8) is 0 Å². The Balaban J connectivity index is 5.50. The quantitative estimate of drug-likeness (QED) is 0.0135. The first-order valence-electron chi connectivity index (χ1n) is 21.2. The van der Waals surface area contributed by atoms with Gasteiger partial charge in [0.25, 0.3) is 87.9 Å². The van der Waals surface area contributed by atoms with Crippen LogP contribution in [0.25, 0.3) is 0 Å². The maximum atomic E-state index is 15.9. The highest BCUT2D eigenvalue weighted by molar-refractivity contribution is 7.81. The van der Waals surface area contributed by atoms with E-state index in [4.69, 9.17) is 0 Å². The summed E-state index contributed by atoms with van der Waals surface area (Å²) >= 11 is 32.8. The number of thiol groups is 9. The minimum absolute atomic E-state index is 0.139. The van der Waals surface area contributed by atoms with E-state index >= 15 is 30.7 Å². The summed E-state index contributed by atoms with van der Waals surface area (Å²) in [5, 5.41) is 20.4. The number of alkyl halides is 9. The van der Waals surface area contributed by atoms with Crippen molar-refractivity contribution in [2.24, 2.45) is 0 Å². The van der Waals surface area contributed by atoms with E-state index in [-0.39, 0.29) is 19.3 Å². The van der Waals surface area contributed by atoms with E-state index in [1.807, 2.05) is 26.6 Å². The minimum Gasteiger partial charge on any atom is -0.355 e. The summed E-state index contributed by atoms with van der Waals surface area (Å²) in [5.74, 6) is -56.7. The zero-order valence-electron chi connectivity index (χ0n) is 39.4. The highest BCUT2D eigenvalue weighted by atomic mass is 32.1. The number of nitrogens with one attached hydrogen (secondary N) is 12. The highest BCUT2D eigenvalue weighted by Gasteiger charge is 2.53. The lowest BCUT2D eigenvalue weighted by Gasteiger charge is -2.32. The maximum Gasteiger partial charge on any atom is 0.282 e. The molecule has 9 unspecified atom stereocenters. The van der Waals surface area contributed by atoms with Gasteiger partial charge in [0.1, 0.15) is 0 Å². The summed E-state index contributed by atoms with van der Waals surface area (Å²) in [6.07, 6.45) is -0.654. The van der Waals surface area contributed by atoms with Gasteiger partial charge in [-0.2, -0.15) is 114 Å². The largest absolute Gasteiger partial charge is 0.355 e. The van der Waals surface area contributed by atoms with E-state index in [2.05, 4.69) is 119 Å². The fraction of sp³-hybridized carbons (Fsp3) is 0.750. The third-order valence-electron chi connectivity index (χ3n) is 10.0. The Hall–Kier alpha value is -2.37. The summed E-state index contributed by atoms with van der Waals surface area (Å²) in [6, 6.07) is 0. The van der Waals surface area contributed by atoms with Crippen LogP contribution in [-0.4, -0.2) is 197 Å². The van der Waals surface area contributed by atoms with E-state index in [0.29, 0.717) is 0 Å². The molecule has 0 aliphatic heterocycles. The smallest absolute Gasteiger partial charge is 0.282 e. The standard InChI is InChI=1S/C36H59F9N12O9S9/c1-46-19(58)31(40,13-70)55-25(64)35(44,17-74)53-23(62)29(38,11-68)50-8-4-3-6-48-20(59)32(41,14-71)57-27(66)36(45,18-75)54-24(63)30(39,12-69)51-9-5-7-49-21(60)33(42,15-72)56-26(65)34(43,16-73)52-22(61)28(37,10-67)47-2/h47,50-51,67-75H,3-18H2,1-2H3,(H,46,58)(H,48,59)(H,49,60)(H,52,61)(H,53,62)(H,54,63)(H,55,64)(H,56,65)(H,57,66). The molecule has 75 heavy (non-hydrogen) atoms. The van der Waals surface area contributed by atoms with Crippen LogP contribution in [0.1, 0.15) is 19.3 Å². The van der Waals surface area contributed by atoms with Gasteiger partial charge >= 0.3 is 0 Å². The lowest BCUT2D eigenvalue weighted by Crippen LogP contribution is -2.68. The van der Waals surface area contributed by atoms with Crippen LogP contribution in [0.4, 0.5) is 39.5 Å². The van der Waals surface area contributed by atoms with Crippen LogP contribution in [0.2, 0.25) is 0 Å². The first-order chi connectivity index (χ1) is 34.6. The third-order valence-corrected chi connectivity index (χ3v) is 14.0. The third kappa shape index (κ3) is 19.7. The monoisotopic (exact) mass is 1260 g/mol. The maximum absolute atomic E-state index is 15.9. The van der Waals surface area contributed by atoms with Crippen molar-refractivity contribution in [1.82, 2.24) is 63.8 Å². The molecule has 0 bridgehead atoms. The number of hydrogen-bond donors (Lipinski definition) is 21. The SMILES string of the molecule is CNC(=O)C(F)(CS)NC(=O)C(F)(CS)NC(=O)C(F)(CS)NCCCCNC(=O)C(F)(CS)NC(=O)C(F)(CS)NC(=O)C(F)(CS)NCCCNC(=O)C(F)(CS)NC(=O)C(F)(CS)NC(=O)C(F)(CS)NC. The molecule has 12 N–H and O–H groups in total. The lowest BCUT2D eigenvalue weighted by atomic mass is 10.1. The van der Waals surface area contributed by atoms with Crippen LogP contribution in [0.15, 0.2) is 0 Å². The number of carbonyl (C=O) groups excluding carboxylic acids is 9. The van der Waals surface area contributed by atoms with Gasteiger partial charge in [0.2, 0.25) is 17.4 Å². The van der Waals surface area contributed by atoms with Crippen molar-refractivity contribution in [1.29, 1.82) is 0 Å². The van der Waals surface area contributed by atoms with Crippen LogP contribution in [0.5, 0.6) is 0 Å². The Kier molecular flexibility index (Phi) is 30.4. The predicted octanol–water partition coefficient (Wildman–Crippen LogP) is -2.41. The first-order valence-corrected chi connectivity index (χ1v) is 26.9. The number of rotatable bonds is 36. The van der Waals surface area contributed by atoms with Crippen LogP contribution in [0.3, 0.4) is 0 Å². The molecular weight excluding hydrogens is 1200 g/mol. The second-order valence-electron chi connectivity index (χ2n) is 15.6. The molecule has 0 aliphatic rings. The molecular formula is C36H59F9N12O9S9. The molecule has 0 rings (SSSR count). The second-order valence-corrected chi connectivity index (χ2v) is 18.5. The zero-order chi connectivity index (χ0) is 58.5. The number of halogens is 9. The predicted molar refractivity (Wildman–Crippen MR) is 287 cm³/mol. The molecule has 0 spiro atoms. The lowest BCUT2D eigenvalue weighted by molar-refractivity contribution is -0.150. The number of hydrogen-bond acceptors (Lipinski definition) is 21. The Morgan fingerprint density at radius 2 is 0.507 bits per heavy atom. The van der Waals surface area contributed by atoms with Gasteiger partial charge in [0.15, 0.2) is 0 Å². The molecule has 434 valence electrons. The summed E-state index contributed by atoms with van der Waals surface area (Å²) < 4.78 is 139. The molecule has 21 nitrogen and oxygen atoms in total. The number of unbranched alkanes of at least 4 members (excludes halogenated alkanes) is 1. The highest BCUT2D eigenvalue weighted by Crippen LogP contribution is 2.23. The minimum atomic E-state index is -3.75. The Bertz CT molecular complexity index is 2040. The molecule has 0 heterocycles. The molecule has 0 aromatic heterocycles. The molecule has 0 fully saturated rings. The molecule has 0 saturated carbocycles. The van der Waals surface area contributed by atoms with Crippen molar-refractivity contribution in [2.45, 2.75) is 71.4 Å². The van der Waals surface area contributed by atoms with Gasteiger partial charge in [-0.25, -0.2) is 39.5 Å². The molecule has 0 saturated heterocycles. The van der Waals surface area contributed by atoms with Gasteiger partial charge in [-0.3, -0.25) is 59.1 Å². The molecule has 39 heteroatoms. The van der Waals surface area contributed by atoms with Crippen LogP contribution < -0.4 is 63.8 Å². The van der Waals surface area contributed by atoms with E-state index < -0.39 is 183 Å². The van der Waals surface area contributed by atoms with Crippen molar-refractivity contribution in [3.05, 3.63) is 0 Å². The van der Waals surface area contributed by atoms with Crippen LogP contribution >= 0.6 is 114 Å². The molecule has 9 amide bonds. The zero-order valence-corrected chi connectivity index (χ0v) is 47.5. The summed E-state index contributed by atoms with van der Waals surface area (Å²) in [5.41, 5.74) is 0. The van der Waals surface area contributed by atoms with Crippen molar-refractivity contribution < 1.29 is 82.7 Å². The van der Waals surface area contributed by atoms with Gasteiger partial charge in [0, 0.05) is 43.9 Å². The summed E-state index contributed by atoms with van der Waals surface area (Å²) in [7, 11) is 1.98. The topological polar surface area (TPSA) is 298 Å². The molecule has 0 aromatic rings. The number of carbonyl (C=O) groups is 9. The summed E-state index contributed by atoms with van der Waals surface area (Å²) in [4.78, 5) is 114. The van der Waals surface area contributed by atoms with Gasteiger partial charge in [0.05, 0.1) is 34.5 Å². The molecule has 0 radical (unpaired) electrons. The van der Waals surface area contributed by atoms with Gasteiger partial charge in [-0.05, 0) is 32.9 Å². The number of likely N-dealkylation sites (N-methyl/N-ethyl adjacent to an activating group) is 2. The van der Waals surface area contributed by atoms with E-state index in [9.17, 15) is 51.9 Å². The van der Waals surface area contributed by atoms with E-state index in [0.717, 1.165) is 14.1 Å². The average molecular weight is 1260 g/mol. The van der Waals surface area contributed by atoms with Gasteiger partial charge in [-0.15, -0.1) is 0 Å². The van der Waals surface area contributed by atoms with Crippen LogP contribution in [0, 0.1) is 0 Å². The van der Waals surface area contributed by atoms with Crippen molar-refractivity contribution in [3.8, 4) is 0 Å². The van der Waals surface area contributed by atoms with Crippen molar-refractivity contribution >= 4 is 167 Å². The fourth-order valence-electron chi connectivity index (χ4n) is 5.16. The molecule has 0 aliphatic carbocycles. The Morgan fingerprint density at radius 3 is 0.773 bits per heavy atom. The normalized spacial score (nSPS) is 18.7. The molecule has 0 aromatic carbocycles. The average Bonchev–Trinajstić information content (AvgIpc) is 3.39. The van der Waals surface area contributed by atoms with Gasteiger partial charge in [-0.1, -0.05) is 0 Å². The molecule has 9 atom stereocenters. The summed E-state index contributed by atoms with van der Waals surface area (Å²) in [6.45, 7) is -2.06. The van der Waals surface area contributed by atoms with E-state index in [1.165, 1.54) is 31.9 Å². The number of amides is 9. The van der Waals surface area contributed by atoms with Crippen molar-refractivity contribution in [2.75, 3.05) is 92.1 Å². The fourth-order valence-corrected chi connectivity index (χ4v) is 7.31. The Morgan fingerprint density at radius 1 is 0.293 bits per heavy atom. The first kappa shape index (κ1) is 72.6. The Labute approximate surface area is 473 Å². The van der Waals surface area contributed by atoms with E-state index in [1.54, 1.807) is 0 Å². The van der Waals surface area contributed by atoms with Crippen LogP contribution in [-0.2, 0) is 43.2 Å². The van der Waals surface area contributed by atoms with Gasteiger partial charge < -0.3 is 47.9 Å². The second kappa shape index (κ2) is 31.4.